The predicted octanol–water partition coefficient (Wildman–Crippen LogP) is 9.19. The molecule has 0 saturated heterocycles. The molecule has 39 heavy (non-hydrogen) atoms. The summed E-state index contributed by atoms with van der Waals surface area (Å²) >= 11 is 0. The van der Waals surface area contributed by atoms with Gasteiger partial charge in [0.1, 0.15) is 7.05 Å². The van der Waals surface area contributed by atoms with Gasteiger partial charge >= 0.3 is 6.18 Å². The molecule has 196 valence electrons. The van der Waals surface area contributed by atoms with Crippen molar-refractivity contribution >= 4 is 59.8 Å². The van der Waals surface area contributed by atoms with Gasteiger partial charge in [-0.15, -0.1) is 0 Å². The maximum absolute atomic E-state index is 13.9. The van der Waals surface area contributed by atoms with Crippen molar-refractivity contribution in [2.24, 2.45) is 12.5 Å². The molecular formula is C34H30F3N2+. The average molecular weight is 524 g/mol. The first-order chi connectivity index (χ1) is 18.3. The second-order valence-electron chi connectivity index (χ2n) is 12.4. The van der Waals surface area contributed by atoms with Crippen molar-refractivity contribution in [1.29, 1.82) is 0 Å². The van der Waals surface area contributed by atoms with Crippen LogP contribution in [0.2, 0.25) is 0 Å². The summed E-state index contributed by atoms with van der Waals surface area (Å²) in [6.45, 7) is 11.0. The van der Waals surface area contributed by atoms with Crippen molar-refractivity contribution in [3.8, 4) is 0 Å². The maximum atomic E-state index is 13.9. The van der Waals surface area contributed by atoms with Gasteiger partial charge in [0, 0.05) is 16.8 Å². The van der Waals surface area contributed by atoms with Crippen LogP contribution in [0.3, 0.4) is 0 Å². The highest BCUT2D eigenvalue weighted by atomic mass is 19.4. The van der Waals surface area contributed by atoms with E-state index in [0.717, 1.165) is 66.4 Å². The zero-order valence-electron chi connectivity index (χ0n) is 23.0. The van der Waals surface area contributed by atoms with Gasteiger partial charge in [0.05, 0.1) is 32.9 Å². The quantitative estimate of drug-likeness (QED) is 0.115. The summed E-state index contributed by atoms with van der Waals surface area (Å²) in [6, 6.07) is 17.1. The van der Waals surface area contributed by atoms with Crippen molar-refractivity contribution in [2.75, 3.05) is 0 Å². The lowest BCUT2D eigenvalue weighted by molar-refractivity contribution is -0.643. The van der Waals surface area contributed by atoms with Crippen LogP contribution in [0.5, 0.6) is 0 Å². The zero-order chi connectivity index (χ0) is 27.6. The van der Waals surface area contributed by atoms with E-state index < -0.39 is 11.7 Å². The molecule has 0 aliphatic rings. The summed E-state index contributed by atoms with van der Waals surface area (Å²) in [6.07, 6.45) is -1.37. The Balaban J connectivity index is 1.79. The molecular weight excluding hydrogens is 493 g/mol. The second kappa shape index (κ2) is 7.62. The van der Waals surface area contributed by atoms with E-state index in [1.807, 2.05) is 0 Å². The lowest BCUT2D eigenvalue weighted by Gasteiger charge is -2.20. The Morgan fingerprint density at radius 1 is 0.744 bits per heavy atom. The molecule has 2 nitrogen and oxygen atoms in total. The average Bonchev–Trinajstić information content (AvgIpc) is 3.20. The van der Waals surface area contributed by atoms with Gasteiger partial charge in [-0.3, -0.25) is 0 Å². The van der Waals surface area contributed by atoms with Crippen LogP contribution >= 0.6 is 0 Å². The Kier molecular flexibility index (Phi) is 4.73. The molecule has 3 aromatic heterocycles. The predicted molar refractivity (Wildman–Crippen MR) is 155 cm³/mol. The molecule has 7 rings (SSSR count). The molecule has 0 amide bonds. The molecule has 0 radical (unpaired) electrons. The third-order valence-electron chi connectivity index (χ3n) is 8.41. The van der Waals surface area contributed by atoms with Crippen molar-refractivity contribution in [2.45, 2.75) is 47.2 Å². The number of benzene rings is 4. The number of alkyl halides is 3. The number of fused-ring (bicyclic) bond motifs is 7. The standard InChI is InChI=1S/C34H30F3N2/c1-18-26-15-20(17-33(3,4)5)7-10-23(26)19(2)30-28(18)32-29-21(13-14-38(32)6)8-11-25-24-12-9-22(34(35,36)37)16-27(24)39(30)31(25)29/h7-16H,17H2,1-6H3/q+1. The fourth-order valence-electron chi connectivity index (χ4n) is 6.81. The van der Waals surface area contributed by atoms with Crippen LogP contribution < -0.4 is 4.57 Å². The lowest BCUT2D eigenvalue weighted by Crippen LogP contribution is -2.29. The second-order valence-corrected chi connectivity index (χ2v) is 12.4. The van der Waals surface area contributed by atoms with E-state index in [0.29, 0.717) is 5.52 Å². The van der Waals surface area contributed by atoms with Crippen LogP contribution in [0.25, 0.3) is 59.8 Å². The van der Waals surface area contributed by atoms with E-state index in [1.165, 1.54) is 23.1 Å². The Bertz CT molecular complexity index is 2140. The van der Waals surface area contributed by atoms with Crippen LogP contribution in [0.1, 0.15) is 43.0 Å². The van der Waals surface area contributed by atoms with Gasteiger partial charge in [0.15, 0.2) is 6.20 Å². The number of aryl methyl sites for hydroxylation is 3. The first-order valence-electron chi connectivity index (χ1n) is 13.4. The van der Waals surface area contributed by atoms with Crippen LogP contribution in [0.15, 0.2) is 60.8 Å². The van der Waals surface area contributed by atoms with Gasteiger partial charge in [-0.2, -0.15) is 13.2 Å². The number of halogens is 3. The number of nitrogens with zero attached hydrogens (tertiary/aromatic N) is 2. The summed E-state index contributed by atoms with van der Waals surface area (Å²) in [5.41, 5.74) is 6.72. The molecule has 0 aliphatic carbocycles. The molecule has 0 bridgehead atoms. The molecule has 0 unspecified atom stereocenters. The molecule has 5 heteroatoms. The van der Waals surface area contributed by atoms with E-state index in [-0.39, 0.29) is 5.41 Å². The van der Waals surface area contributed by atoms with Crippen molar-refractivity contribution in [3.05, 3.63) is 83.0 Å². The highest BCUT2D eigenvalue weighted by Crippen LogP contribution is 2.45. The third-order valence-corrected chi connectivity index (χ3v) is 8.41. The summed E-state index contributed by atoms with van der Waals surface area (Å²) in [7, 11) is 2.06. The minimum absolute atomic E-state index is 0.160. The highest BCUT2D eigenvalue weighted by Gasteiger charge is 2.32. The van der Waals surface area contributed by atoms with Crippen molar-refractivity contribution in [1.82, 2.24) is 4.40 Å². The third kappa shape index (κ3) is 3.32. The molecule has 0 spiro atoms. The molecule has 0 atom stereocenters. The molecule has 4 aromatic carbocycles. The zero-order valence-corrected chi connectivity index (χ0v) is 23.0. The molecule has 0 fully saturated rings. The Labute approximate surface area is 224 Å². The van der Waals surface area contributed by atoms with Crippen LogP contribution in [0.4, 0.5) is 13.2 Å². The molecule has 0 saturated carbocycles. The van der Waals surface area contributed by atoms with Gasteiger partial charge in [-0.25, -0.2) is 4.57 Å². The monoisotopic (exact) mass is 523 g/mol. The molecule has 3 heterocycles. The number of hydrogen-bond acceptors (Lipinski definition) is 0. The SMILES string of the molecule is Cc1c2cc(CC(C)(C)C)ccc2c(C)c2c1c1c3c(ccc4c5ccc(C(F)(F)F)cc5n2c43)cc[n+]1C. The van der Waals surface area contributed by atoms with E-state index in [1.54, 1.807) is 6.07 Å². The topological polar surface area (TPSA) is 8.29 Å². The van der Waals surface area contributed by atoms with Crippen LogP contribution in [-0.2, 0) is 19.6 Å². The van der Waals surface area contributed by atoms with Gasteiger partial charge in [-0.1, -0.05) is 57.2 Å². The highest BCUT2D eigenvalue weighted by molar-refractivity contribution is 6.28. The number of pyridine rings is 2. The fourth-order valence-corrected chi connectivity index (χ4v) is 6.81. The molecule has 7 aromatic rings. The normalized spacial score (nSPS) is 13.4. The van der Waals surface area contributed by atoms with Crippen molar-refractivity contribution < 1.29 is 17.7 Å². The van der Waals surface area contributed by atoms with Gasteiger partial charge < -0.3 is 4.40 Å². The Morgan fingerprint density at radius 3 is 2.18 bits per heavy atom. The van der Waals surface area contributed by atoms with Gasteiger partial charge in [-0.05, 0) is 70.7 Å². The lowest BCUT2D eigenvalue weighted by atomic mass is 9.86. The van der Waals surface area contributed by atoms with E-state index in [2.05, 4.69) is 93.2 Å². The number of hydrogen-bond donors (Lipinski definition) is 0. The fraction of sp³-hybridized carbons (Fsp3) is 0.265. The largest absolute Gasteiger partial charge is 0.416 e. The van der Waals surface area contributed by atoms with E-state index >= 15 is 0 Å². The van der Waals surface area contributed by atoms with Crippen LogP contribution in [-0.4, -0.2) is 4.40 Å². The van der Waals surface area contributed by atoms with Crippen LogP contribution in [0, 0.1) is 19.3 Å². The van der Waals surface area contributed by atoms with E-state index in [9.17, 15) is 13.2 Å². The maximum Gasteiger partial charge on any atom is 0.416 e. The molecule has 0 N–H and O–H groups in total. The summed E-state index contributed by atoms with van der Waals surface area (Å²) in [5, 5.41) is 7.41. The number of rotatable bonds is 1. The van der Waals surface area contributed by atoms with E-state index in [4.69, 9.17) is 0 Å². The smallest absolute Gasteiger partial charge is 0.307 e. The van der Waals surface area contributed by atoms with Gasteiger partial charge in [0.25, 0.3) is 0 Å². The summed E-state index contributed by atoms with van der Waals surface area (Å²) in [5.74, 6) is 0. The first kappa shape index (κ1) is 24.2. The minimum Gasteiger partial charge on any atom is -0.307 e. The van der Waals surface area contributed by atoms with Gasteiger partial charge in [0.2, 0.25) is 5.52 Å². The Hall–Kier alpha value is -3.86. The number of aromatic nitrogens is 2. The van der Waals surface area contributed by atoms with Crippen molar-refractivity contribution in [3.63, 3.8) is 0 Å². The summed E-state index contributed by atoms with van der Waals surface area (Å²) < 4.78 is 46.0. The summed E-state index contributed by atoms with van der Waals surface area (Å²) in [4.78, 5) is 0. The minimum atomic E-state index is -4.42. The molecule has 0 aliphatic heterocycles. The Morgan fingerprint density at radius 2 is 1.46 bits per heavy atom. The first-order valence-corrected chi connectivity index (χ1v) is 13.4.